The molecule has 0 N–H and O–H groups in total. The van der Waals surface area contributed by atoms with E-state index in [2.05, 4.69) is 142 Å². The van der Waals surface area contributed by atoms with E-state index in [1.165, 1.54) is 103 Å². The molecule has 5 heteroatoms. The summed E-state index contributed by atoms with van der Waals surface area (Å²) in [5.74, 6) is -0.465. The van der Waals surface area contributed by atoms with Crippen molar-refractivity contribution in [3.8, 4) is 0 Å². The van der Waals surface area contributed by atoms with E-state index in [-0.39, 0.29) is 25.2 Å². The zero-order valence-electron chi connectivity index (χ0n) is 45.7. The fourth-order valence-corrected chi connectivity index (χ4v) is 7.70. The molecule has 0 saturated heterocycles. The predicted molar refractivity (Wildman–Crippen MR) is 306 cm³/mol. The minimum absolute atomic E-state index is 0.0530. The van der Waals surface area contributed by atoms with E-state index < -0.39 is 6.10 Å². The highest BCUT2D eigenvalue weighted by molar-refractivity contribution is 5.70. The molecule has 0 radical (unpaired) electrons. The Hall–Kier alpha value is -3.70. The Morgan fingerprint density at radius 3 is 1.06 bits per heavy atom. The molecule has 0 saturated carbocycles. The highest BCUT2D eigenvalue weighted by Gasteiger charge is 2.17. The molecule has 0 aromatic carbocycles. The molecule has 0 fully saturated rings. The molecule has 1 atom stereocenters. The smallest absolute Gasteiger partial charge is 0.306 e. The topological polar surface area (TPSA) is 61.8 Å². The second-order valence-electron chi connectivity index (χ2n) is 18.8. The van der Waals surface area contributed by atoms with Gasteiger partial charge in [-0.2, -0.15) is 0 Å². The van der Waals surface area contributed by atoms with Crippen molar-refractivity contribution in [1.82, 2.24) is 0 Å². The molecule has 0 aliphatic rings. The number of rotatable bonds is 52. The lowest BCUT2D eigenvalue weighted by Crippen LogP contribution is -2.30. The number of allylic oxidation sites excluding steroid dienone is 20. The average Bonchev–Trinajstić information content (AvgIpc) is 3.36. The largest absolute Gasteiger partial charge is 0.462 e. The van der Waals surface area contributed by atoms with Gasteiger partial charge in [0.25, 0.3) is 0 Å². The van der Waals surface area contributed by atoms with Gasteiger partial charge in [0.15, 0.2) is 6.10 Å². The van der Waals surface area contributed by atoms with Gasteiger partial charge in [0.2, 0.25) is 0 Å². The van der Waals surface area contributed by atoms with Gasteiger partial charge in [0, 0.05) is 19.4 Å². The summed E-state index contributed by atoms with van der Waals surface area (Å²) in [7, 11) is 0. The highest BCUT2D eigenvalue weighted by Crippen LogP contribution is 2.14. The summed E-state index contributed by atoms with van der Waals surface area (Å²) in [5, 5.41) is 0. The van der Waals surface area contributed by atoms with Crippen LogP contribution in [0.25, 0.3) is 0 Å². The molecule has 1 unspecified atom stereocenters. The molecular formula is C65H108O5. The predicted octanol–water partition coefficient (Wildman–Crippen LogP) is 20.1. The van der Waals surface area contributed by atoms with Crippen molar-refractivity contribution in [2.45, 2.75) is 258 Å². The summed E-state index contributed by atoms with van der Waals surface area (Å²) in [4.78, 5) is 25.5. The van der Waals surface area contributed by atoms with E-state index in [1.807, 2.05) is 0 Å². The second kappa shape index (κ2) is 59.6. The Bertz CT molecular complexity index is 1420. The van der Waals surface area contributed by atoms with Crippen LogP contribution in [0.1, 0.15) is 252 Å². The van der Waals surface area contributed by atoms with Gasteiger partial charge < -0.3 is 14.2 Å². The van der Waals surface area contributed by atoms with Crippen molar-refractivity contribution in [1.29, 1.82) is 0 Å². The summed E-state index contributed by atoms with van der Waals surface area (Å²) >= 11 is 0. The third-order valence-electron chi connectivity index (χ3n) is 12.0. The van der Waals surface area contributed by atoms with Gasteiger partial charge in [-0.05, 0) is 128 Å². The molecular weight excluding hydrogens is 861 g/mol. The Morgan fingerprint density at radius 2 is 0.643 bits per heavy atom. The minimum atomic E-state index is -0.575. The number of hydrogen-bond donors (Lipinski definition) is 0. The van der Waals surface area contributed by atoms with E-state index in [0.29, 0.717) is 19.4 Å². The van der Waals surface area contributed by atoms with Crippen LogP contribution >= 0.6 is 0 Å². The summed E-state index contributed by atoms with van der Waals surface area (Å²) in [6.07, 6.45) is 83.7. The van der Waals surface area contributed by atoms with Gasteiger partial charge in [0.1, 0.15) is 6.61 Å². The van der Waals surface area contributed by atoms with Crippen LogP contribution in [0.2, 0.25) is 0 Å². The zero-order valence-corrected chi connectivity index (χ0v) is 45.7. The maximum atomic E-state index is 12.8. The van der Waals surface area contributed by atoms with Crippen LogP contribution in [0, 0.1) is 0 Å². The summed E-state index contributed by atoms with van der Waals surface area (Å²) in [6.45, 7) is 7.51. The Morgan fingerprint density at radius 1 is 0.329 bits per heavy atom. The molecule has 70 heavy (non-hydrogen) atoms. The molecule has 0 spiro atoms. The van der Waals surface area contributed by atoms with Crippen molar-refractivity contribution in [2.24, 2.45) is 0 Å². The number of carbonyl (C=O) groups is 2. The van der Waals surface area contributed by atoms with Gasteiger partial charge in [-0.25, -0.2) is 0 Å². The number of hydrogen-bond acceptors (Lipinski definition) is 5. The fraction of sp³-hybridized carbons (Fsp3) is 0.662. The van der Waals surface area contributed by atoms with Crippen LogP contribution in [0.3, 0.4) is 0 Å². The Balaban J connectivity index is 4.36. The quantitative estimate of drug-likeness (QED) is 0.0345. The summed E-state index contributed by atoms with van der Waals surface area (Å²) in [5.41, 5.74) is 0. The van der Waals surface area contributed by atoms with Crippen molar-refractivity contribution in [3.63, 3.8) is 0 Å². The molecule has 5 nitrogen and oxygen atoms in total. The summed E-state index contributed by atoms with van der Waals surface area (Å²) < 4.78 is 17.4. The maximum Gasteiger partial charge on any atom is 0.306 e. The molecule has 0 aliphatic heterocycles. The Labute approximate surface area is 433 Å². The van der Waals surface area contributed by atoms with Crippen molar-refractivity contribution in [2.75, 3.05) is 19.8 Å². The average molecular weight is 970 g/mol. The normalized spacial score (nSPS) is 13.1. The number of esters is 2. The molecule has 398 valence electrons. The number of carbonyl (C=O) groups excluding carboxylic acids is 2. The van der Waals surface area contributed by atoms with Crippen LogP contribution in [0.15, 0.2) is 122 Å². The third kappa shape index (κ3) is 56.9. The third-order valence-corrected chi connectivity index (χ3v) is 12.0. The van der Waals surface area contributed by atoms with Gasteiger partial charge in [-0.1, -0.05) is 232 Å². The van der Waals surface area contributed by atoms with E-state index >= 15 is 0 Å². The first-order valence-corrected chi connectivity index (χ1v) is 29.1. The Kier molecular flexibility index (Phi) is 56.5. The fourth-order valence-electron chi connectivity index (χ4n) is 7.70. The van der Waals surface area contributed by atoms with Crippen LogP contribution in [0.4, 0.5) is 0 Å². The molecule has 0 aromatic heterocycles. The van der Waals surface area contributed by atoms with Crippen molar-refractivity contribution in [3.05, 3.63) is 122 Å². The second-order valence-corrected chi connectivity index (χ2v) is 18.8. The van der Waals surface area contributed by atoms with Crippen molar-refractivity contribution >= 4 is 11.9 Å². The van der Waals surface area contributed by atoms with Gasteiger partial charge in [-0.15, -0.1) is 0 Å². The standard InChI is InChI=1S/C65H108O5/c1-4-7-10-13-16-19-22-25-28-30-32-34-36-39-42-45-48-51-54-57-60-68-61-63(70-65(67)59-56-53-50-47-44-41-37-27-24-21-18-15-12-9-6-3)62-69-64(66)58-55-52-49-46-43-40-38-35-33-31-29-26-23-20-17-14-11-8-5-2/h8-9,11-12,16-21,25-29,33,35,37,44,47,63H,4-7,10,13-15,22-24,30-32,34,36,38-43,45-46,48-62H2,1-3H3/b11-8-,12-9-,19-16-,20-17-,21-18-,28-25-,29-26-,35-33-,37-27-,47-44-. The van der Waals surface area contributed by atoms with Crippen LogP contribution in [-0.2, 0) is 23.8 Å². The lowest BCUT2D eigenvalue weighted by atomic mass is 10.1. The van der Waals surface area contributed by atoms with Crippen LogP contribution < -0.4 is 0 Å². The molecule has 0 amide bonds. The van der Waals surface area contributed by atoms with Crippen LogP contribution in [-0.4, -0.2) is 37.9 Å². The van der Waals surface area contributed by atoms with Crippen molar-refractivity contribution < 1.29 is 23.8 Å². The highest BCUT2D eigenvalue weighted by atomic mass is 16.6. The number of unbranched alkanes of at least 4 members (excludes halogenated alkanes) is 21. The first-order valence-electron chi connectivity index (χ1n) is 29.1. The molecule has 0 heterocycles. The van der Waals surface area contributed by atoms with Gasteiger partial charge in [-0.3, -0.25) is 9.59 Å². The van der Waals surface area contributed by atoms with E-state index in [4.69, 9.17) is 14.2 Å². The molecule has 0 aromatic rings. The van der Waals surface area contributed by atoms with E-state index in [1.54, 1.807) is 0 Å². The maximum absolute atomic E-state index is 12.8. The lowest BCUT2D eigenvalue weighted by Gasteiger charge is -2.18. The van der Waals surface area contributed by atoms with Gasteiger partial charge in [0.05, 0.1) is 6.61 Å². The molecule has 0 aliphatic carbocycles. The van der Waals surface area contributed by atoms with E-state index in [0.717, 1.165) is 116 Å². The zero-order chi connectivity index (χ0) is 50.6. The first kappa shape index (κ1) is 66.3. The summed E-state index contributed by atoms with van der Waals surface area (Å²) in [6, 6.07) is 0. The van der Waals surface area contributed by atoms with E-state index in [9.17, 15) is 9.59 Å². The lowest BCUT2D eigenvalue weighted by molar-refractivity contribution is -0.163. The SMILES string of the molecule is CC/C=C\C/C=C\C/C=C\C/C=C\CCCCCCCCC(=O)OCC(COCCCCCCCCCCCC/C=C\C/C=C\CCCCC)OC(=O)CCCC/C=C\C/C=C\C/C=C\C/C=C\CC. The minimum Gasteiger partial charge on any atom is -0.462 e. The molecule has 0 bridgehead atoms. The van der Waals surface area contributed by atoms with Gasteiger partial charge >= 0.3 is 11.9 Å². The number of ether oxygens (including phenoxy) is 3. The monoisotopic (exact) mass is 969 g/mol. The molecule has 0 rings (SSSR count). The first-order chi connectivity index (χ1) is 34.6. The van der Waals surface area contributed by atoms with Crippen LogP contribution in [0.5, 0.6) is 0 Å².